The molecule has 150 valence electrons. The van der Waals surface area contributed by atoms with Gasteiger partial charge in [-0.25, -0.2) is 17.6 Å². The van der Waals surface area contributed by atoms with Crippen molar-refractivity contribution in [2.24, 2.45) is 0 Å². The summed E-state index contributed by atoms with van der Waals surface area (Å²) >= 11 is 1.40. The summed E-state index contributed by atoms with van der Waals surface area (Å²) in [4.78, 5) is 12.2. The fraction of sp³-hybridized carbons (Fsp3) is 0.150. The number of hydrogen-bond acceptors (Lipinski definition) is 4. The number of sulfonamides is 1. The normalized spacial score (nSPS) is 13.6. The lowest BCUT2D eigenvalue weighted by Gasteiger charge is -2.31. The first-order valence-corrected chi connectivity index (χ1v) is 11.3. The predicted molar refractivity (Wildman–Crippen MR) is 113 cm³/mol. The number of benzene rings is 2. The Balaban J connectivity index is 1.61. The third kappa shape index (κ3) is 4.10. The topological polar surface area (TPSA) is 78.5 Å². The summed E-state index contributed by atoms with van der Waals surface area (Å²) in [7, 11) is -3.84. The van der Waals surface area contributed by atoms with Crippen LogP contribution in [0.4, 0.5) is 25.6 Å². The Morgan fingerprint density at radius 2 is 1.86 bits per heavy atom. The van der Waals surface area contributed by atoms with E-state index in [0.29, 0.717) is 29.3 Å². The molecule has 29 heavy (non-hydrogen) atoms. The average molecular weight is 432 g/mol. The predicted octanol–water partition coefficient (Wildman–Crippen LogP) is 4.67. The van der Waals surface area contributed by atoms with E-state index < -0.39 is 21.9 Å². The van der Waals surface area contributed by atoms with Crippen molar-refractivity contribution >= 4 is 43.8 Å². The number of thiophene rings is 1. The van der Waals surface area contributed by atoms with Crippen molar-refractivity contribution in [1.82, 2.24) is 0 Å². The van der Waals surface area contributed by atoms with Crippen LogP contribution in [0, 0.1) is 5.82 Å². The first kappa shape index (κ1) is 19.4. The van der Waals surface area contributed by atoms with Gasteiger partial charge in [-0.3, -0.25) is 9.62 Å². The van der Waals surface area contributed by atoms with Crippen molar-refractivity contribution in [2.45, 2.75) is 17.7 Å². The van der Waals surface area contributed by atoms with E-state index in [1.165, 1.54) is 27.8 Å². The van der Waals surface area contributed by atoms with Gasteiger partial charge in [0, 0.05) is 12.2 Å². The Morgan fingerprint density at radius 1 is 1.07 bits per heavy atom. The van der Waals surface area contributed by atoms with E-state index in [-0.39, 0.29) is 4.90 Å². The second-order valence-corrected chi connectivity index (χ2v) is 9.34. The number of nitrogens with zero attached hydrogens (tertiary/aromatic N) is 1. The van der Waals surface area contributed by atoms with Crippen LogP contribution in [0.3, 0.4) is 0 Å². The van der Waals surface area contributed by atoms with Crippen molar-refractivity contribution in [3.05, 3.63) is 71.4 Å². The van der Waals surface area contributed by atoms with E-state index in [1.807, 2.05) is 17.5 Å². The second kappa shape index (κ2) is 7.84. The van der Waals surface area contributed by atoms with Crippen LogP contribution >= 0.6 is 11.3 Å². The monoisotopic (exact) mass is 431 g/mol. The maximum atomic E-state index is 13.2. The lowest BCUT2D eigenvalue weighted by atomic mass is 10.0. The van der Waals surface area contributed by atoms with Crippen LogP contribution in [0.15, 0.2) is 64.9 Å². The number of amides is 2. The minimum Gasteiger partial charge on any atom is -0.308 e. The fourth-order valence-electron chi connectivity index (χ4n) is 3.23. The summed E-state index contributed by atoms with van der Waals surface area (Å²) in [5.74, 6) is -0.494. The molecule has 2 N–H and O–H groups in total. The van der Waals surface area contributed by atoms with Gasteiger partial charge in [0.05, 0.1) is 15.6 Å². The van der Waals surface area contributed by atoms with E-state index in [9.17, 15) is 17.6 Å². The number of nitrogens with one attached hydrogen (secondary N) is 2. The van der Waals surface area contributed by atoms with Gasteiger partial charge in [0.2, 0.25) is 0 Å². The van der Waals surface area contributed by atoms with Crippen LogP contribution in [0.25, 0.3) is 0 Å². The van der Waals surface area contributed by atoms with E-state index >= 15 is 0 Å². The highest BCUT2D eigenvalue weighted by Crippen LogP contribution is 2.34. The number of hydrogen-bond donors (Lipinski definition) is 2. The zero-order valence-corrected chi connectivity index (χ0v) is 16.9. The molecular weight excluding hydrogens is 413 g/mol. The largest absolute Gasteiger partial charge is 0.324 e. The summed E-state index contributed by atoms with van der Waals surface area (Å²) in [6.07, 6.45) is 1.42. The number of anilines is 3. The molecule has 0 saturated carbocycles. The van der Waals surface area contributed by atoms with E-state index in [2.05, 4.69) is 10.6 Å². The highest BCUT2D eigenvalue weighted by Gasteiger charge is 2.29. The summed E-state index contributed by atoms with van der Waals surface area (Å²) in [6, 6.07) is 13.2. The Hall–Kier alpha value is -2.91. The molecule has 0 saturated heterocycles. The van der Waals surface area contributed by atoms with Crippen LogP contribution in [-0.2, 0) is 16.4 Å². The zero-order chi connectivity index (χ0) is 20.4. The van der Waals surface area contributed by atoms with Crippen molar-refractivity contribution < 1.29 is 17.6 Å². The van der Waals surface area contributed by atoms with E-state index in [1.54, 1.807) is 18.2 Å². The molecule has 0 fully saturated rings. The number of urea groups is 1. The van der Waals surface area contributed by atoms with Crippen molar-refractivity contribution in [3.8, 4) is 0 Å². The summed E-state index contributed by atoms with van der Waals surface area (Å²) in [5, 5.41) is 8.02. The van der Waals surface area contributed by atoms with E-state index in [4.69, 9.17) is 0 Å². The van der Waals surface area contributed by atoms with Gasteiger partial charge in [0.25, 0.3) is 10.0 Å². The number of aryl methyl sites for hydroxylation is 1. The minimum absolute atomic E-state index is 0.0283. The molecule has 1 aliphatic heterocycles. The van der Waals surface area contributed by atoms with Crippen molar-refractivity contribution in [1.29, 1.82) is 0 Å². The summed E-state index contributed by atoms with van der Waals surface area (Å²) in [6.45, 7) is 0.317. The number of carbonyl (C=O) groups is 1. The molecule has 0 radical (unpaired) electrons. The molecule has 2 amide bonds. The molecule has 3 aromatic rings. The maximum absolute atomic E-state index is 13.2. The molecule has 4 rings (SSSR count). The number of fused-ring (bicyclic) bond motifs is 1. The molecule has 1 aliphatic rings. The second-order valence-electron chi connectivity index (χ2n) is 6.53. The van der Waals surface area contributed by atoms with Gasteiger partial charge in [-0.2, -0.15) is 0 Å². The summed E-state index contributed by atoms with van der Waals surface area (Å²) in [5.41, 5.74) is 1.89. The molecule has 0 unspecified atom stereocenters. The third-order valence-corrected chi connectivity index (χ3v) is 7.19. The molecule has 0 bridgehead atoms. The van der Waals surface area contributed by atoms with Gasteiger partial charge >= 0.3 is 6.03 Å². The van der Waals surface area contributed by atoms with Gasteiger partial charge in [-0.1, -0.05) is 6.07 Å². The smallest absolute Gasteiger partial charge is 0.308 e. The van der Waals surface area contributed by atoms with Crippen LogP contribution < -0.4 is 14.9 Å². The number of halogens is 1. The molecule has 0 spiro atoms. The highest BCUT2D eigenvalue weighted by atomic mass is 32.2. The van der Waals surface area contributed by atoms with Gasteiger partial charge in [-0.05, 0) is 72.3 Å². The van der Waals surface area contributed by atoms with Gasteiger partial charge in [-0.15, -0.1) is 11.3 Å². The van der Waals surface area contributed by atoms with Gasteiger partial charge in [0.1, 0.15) is 5.82 Å². The molecule has 0 aliphatic carbocycles. The van der Waals surface area contributed by atoms with E-state index in [0.717, 1.165) is 24.1 Å². The summed E-state index contributed by atoms with van der Waals surface area (Å²) < 4.78 is 40.8. The Bertz CT molecular complexity index is 1130. The lowest BCUT2D eigenvalue weighted by Crippen LogP contribution is -2.35. The lowest BCUT2D eigenvalue weighted by molar-refractivity contribution is 0.262. The quantitative estimate of drug-likeness (QED) is 0.630. The van der Waals surface area contributed by atoms with Gasteiger partial charge in [0.15, 0.2) is 0 Å². The maximum Gasteiger partial charge on any atom is 0.324 e. The van der Waals surface area contributed by atoms with Crippen molar-refractivity contribution in [3.63, 3.8) is 0 Å². The Morgan fingerprint density at radius 3 is 2.59 bits per heavy atom. The number of rotatable bonds is 4. The van der Waals surface area contributed by atoms with Crippen LogP contribution in [0.2, 0.25) is 0 Å². The molecule has 2 heterocycles. The minimum atomic E-state index is -3.84. The molecule has 6 nitrogen and oxygen atoms in total. The zero-order valence-electron chi connectivity index (χ0n) is 15.3. The molecule has 9 heteroatoms. The fourth-order valence-corrected chi connectivity index (χ4v) is 5.37. The van der Waals surface area contributed by atoms with Gasteiger partial charge < -0.3 is 5.32 Å². The Labute approximate surface area is 172 Å². The SMILES string of the molecule is O=C(Nc1ccc2c(c1)N(S(=O)(=O)c1ccc(F)cc1)CCC2)Nc1cccs1. The molecule has 0 atom stereocenters. The first-order valence-electron chi connectivity index (χ1n) is 8.96. The first-order chi connectivity index (χ1) is 13.9. The molecule has 2 aromatic carbocycles. The Kier molecular flexibility index (Phi) is 5.25. The van der Waals surface area contributed by atoms with Crippen LogP contribution in [0.5, 0.6) is 0 Å². The van der Waals surface area contributed by atoms with Crippen LogP contribution in [0.1, 0.15) is 12.0 Å². The standard InChI is InChI=1S/C20H18FN3O3S2/c21-15-6-9-17(10-7-15)29(26,27)24-11-1-3-14-5-8-16(13-18(14)24)22-20(25)23-19-4-2-12-28-19/h2,4-10,12-13H,1,3,11H2,(H2,22,23,25). The highest BCUT2D eigenvalue weighted by molar-refractivity contribution is 7.92. The van der Waals surface area contributed by atoms with Crippen molar-refractivity contribution in [2.75, 3.05) is 21.5 Å². The third-order valence-electron chi connectivity index (χ3n) is 4.58. The van der Waals surface area contributed by atoms with Crippen LogP contribution in [-0.4, -0.2) is 21.0 Å². The number of carbonyl (C=O) groups excluding carboxylic acids is 1. The average Bonchev–Trinajstić information content (AvgIpc) is 3.20. The molecule has 1 aromatic heterocycles. The molecular formula is C20H18FN3O3S2.